The van der Waals surface area contributed by atoms with Crippen LogP contribution in [0.5, 0.6) is 5.75 Å². The van der Waals surface area contributed by atoms with Gasteiger partial charge in [0.25, 0.3) is 5.91 Å². The number of sulfone groups is 1. The molecule has 0 bridgehead atoms. The predicted molar refractivity (Wildman–Crippen MR) is 99.1 cm³/mol. The zero-order valence-electron chi connectivity index (χ0n) is 14.8. The molecule has 1 N–H and O–H groups in total. The number of nitrogens with one attached hydrogen (secondary N) is 1. The molecule has 9 heteroatoms. The highest BCUT2D eigenvalue weighted by Crippen LogP contribution is 2.21. The molecule has 1 aromatic rings. The van der Waals surface area contributed by atoms with E-state index >= 15 is 0 Å². The second-order valence-corrected chi connectivity index (χ2v) is 9.21. The lowest BCUT2D eigenvalue weighted by Gasteiger charge is -2.16. The van der Waals surface area contributed by atoms with Crippen molar-refractivity contribution in [3.05, 3.63) is 24.3 Å². The molecular weight excluding hydrogens is 378 g/mol. The minimum Gasteiger partial charge on any atom is -0.494 e. The molecule has 0 saturated carbocycles. The number of hydrogen-bond donors (Lipinski definition) is 1. The number of esters is 1. The Kier molecular flexibility index (Phi) is 7.33. The lowest BCUT2D eigenvalue weighted by atomic mass is 10.2. The highest BCUT2D eigenvalue weighted by atomic mass is 32.2. The van der Waals surface area contributed by atoms with Crippen molar-refractivity contribution in [1.82, 2.24) is 5.32 Å². The van der Waals surface area contributed by atoms with Crippen LogP contribution < -0.4 is 10.1 Å². The van der Waals surface area contributed by atoms with Crippen molar-refractivity contribution in [2.45, 2.75) is 37.3 Å². The van der Waals surface area contributed by atoms with Crippen LogP contribution in [0.25, 0.3) is 0 Å². The van der Waals surface area contributed by atoms with E-state index in [4.69, 9.17) is 9.47 Å². The van der Waals surface area contributed by atoms with Gasteiger partial charge >= 0.3 is 5.97 Å². The Hall–Kier alpha value is -1.74. The molecular formula is C17H23NO6S2. The van der Waals surface area contributed by atoms with Crippen LogP contribution >= 0.6 is 11.8 Å². The van der Waals surface area contributed by atoms with Crippen molar-refractivity contribution in [2.24, 2.45) is 0 Å². The molecule has 144 valence electrons. The molecule has 2 rings (SSSR count). The molecule has 2 atom stereocenters. The molecule has 0 spiro atoms. The minimum absolute atomic E-state index is 0.0625. The summed E-state index contributed by atoms with van der Waals surface area (Å²) in [5.74, 6) is -0.142. The Morgan fingerprint density at radius 1 is 1.31 bits per heavy atom. The molecule has 0 aliphatic carbocycles. The van der Waals surface area contributed by atoms with Crippen molar-refractivity contribution < 1.29 is 27.5 Å². The summed E-state index contributed by atoms with van der Waals surface area (Å²) in [7, 11) is -3.07. The van der Waals surface area contributed by atoms with E-state index in [9.17, 15) is 18.0 Å². The second-order valence-electron chi connectivity index (χ2n) is 5.93. The van der Waals surface area contributed by atoms with Gasteiger partial charge in [-0.15, -0.1) is 11.8 Å². The molecule has 1 aliphatic rings. The number of benzene rings is 1. The number of hydrogen-bond acceptors (Lipinski definition) is 7. The largest absolute Gasteiger partial charge is 0.494 e. The zero-order chi connectivity index (χ0) is 19.2. The van der Waals surface area contributed by atoms with Gasteiger partial charge in [-0.1, -0.05) is 0 Å². The summed E-state index contributed by atoms with van der Waals surface area (Å²) >= 11 is 1.30. The number of rotatable bonds is 8. The van der Waals surface area contributed by atoms with Crippen molar-refractivity contribution in [1.29, 1.82) is 0 Å². The van der Waals surface area contributed by atoms with Crippen molar-refractivity contribution >= 4 is 33.5 Å². The smallest absolute Gasteiger partial charge is 0.317 e. The molecule has 0 radical (unpaired) electrons. The van der Waals surface area contributed by atoms with Crippen LogP contribution in [-0.2, 0) is 24.2 Å². The van der Waals surface area contributed by atoms with E-state index in [0.717, 1.165) is 10.6 Å². The molecule has 0 unspecified atom stereocenters. The summed E-state index contributed by atoms with van der Waals surface area (Å²) in [6.07, 6.45) is -0.575. The number of ether oxygens (including phenoxy) is 2. The number of carbonyl (C=O) groups is 2. The molecule has 26 heavy (non-hydrogen) atoms. The zero-order valence-corrected chi connectivity index (χ0v) is 16.4. The fourth-order valence-corrected chi connectivity index (χ4v) is 4.81. The summed E-state index contributed by atoms with van der Waals surface area (Å²) in [6, 6.07) is 6.93. The Bertz CT molecular complexity index is 732. The van der Waals surface area contributed by atoms with Crippen molar-refractivity contribution in [3.8, 4) is 5.75 Å². The van der Waals surface area contributed by atoms with E-state index in [1.165, 1.54) is 18.7 Å². The lowest BCUT2D eigenvalue weighted by Crippen LogP contribution is -2.42. The van der Waals surface area contributed by atoms with E-state index in [0.29, 0.717) is 13.0 Å². The first-order valence-corrected chi connectivity index (χ1v) is 11.2. The molecule has 1 aromatic carbocycles. The van der Waals surface area contributed by atoms with Gasteiger partial charge in [-0.2, -0.15) is 0 Å². The Morgan fingerprint density at radius 3 is 2.58 bits per heavy atom. The van der Waals surface area contributed by atoms with Gasteiger partial charge in [0.1, 0.15) is 5.75 Å². The number of thioether (sulfide) groups is 1. The third-order valence-electron chi connectivity index (χ3n) is 3.75. The molecule has 1 fully saturated rings. The maximum absolute atomic E-state index is 12.0. The second kappa shape index (κ2) is 9.27. The molecule has 1 saturated heterocycles. The normalized spacial score (nSPS) is 19.5. The molecule has 1 aliphatic heterocycles. The standard InChI is InChI=1S/C17H23NO6S2/c1-3-23-14-4-6-15(7-5-14)25-10-16(19)24-12(2)17(20)18-13-8-9-26(21,22)11-13/h4-7,12-13H,3,8-11H2,1-2H3,(H,18,20)/t12-,13+/m0/s1. The fourth-order valence-electron chi connectivity index (χ4n) is 2.45. The van der Waals surface area contributed by atoms with E-state index in [1.54, 1.807) is 0 Å². The van der Waals surface area contributed by atoms with E-state index in [1.807, 2.05) is 31.2 Å². The molecule has 1 amide bonds. The van der Waals surface area contributed by atoms with Gasteiger partial charge < -0.3 is 14.8 Å². The summed E-state index contributed by atoms with van der Waals surface area (Å²) < 4.78 is 33.3. The fraction of sp³-hybridized carbons (Fsp3) is 0.529. The first kappa shape index (κ1) is 20.6. The van der Waals surface area contributed by atoms with Gasteiger partial charge in [0.2, 0.25) is 0 Å². The van der Waals surface area contributed by atoms with E-state index in [-0.39, 0.29) is 17.3 Å². The Morgan fingerprint density at radius 2 is 2.00 bits per heavy atom. The third-order valence-corrected chi connectivity index (χ3v) is 6.50. The lowest BCUT2D eigenvalue weighted by molar-refractivity contribution is -0.152. The van der Waals surface area contributed by atoms with Gasteiger partial charge in [-0.3, -0.25) is 9.59 Å². The number of carbonyl (C=O) groups excluding carboxylic acids is 2. The van der Waals surface area contributed by atoms with Crippen LogP contribution in [0.3, 0.4) is 0 Å². The average molecular weight is 402 g/mol. The monoisotopic (exact) mass is 401 g/mol. The maximum Gasteiger partial charge on any atom is 0.317 e. The Balaban J connectivity index is 1.73. The summed E-state index contributed by atoms with van der Waals surface area (Å²) in [4.78, 5) is 24.8. The van der Waals surface area contributed by atoms with Crippen LogP contribution in [-0.4, -0.2) is 56.3 Å². The van der Waals surface area contributed by atoms with Gasteiger partial charge in [0.05, 0.1) is 23.9 Å². The van der Waals surface area contributed by atoms with Crippen molar-refractivity contribution in [3.63, 3.8) is 0 Å². The van der Waals surface area contributed by atoms with Crippen LogP contribution in [0.1, 0.15) is 20.3 Å². The van der Waals surface area contributed by atoms with Gasteiger partial charge in [-0.05, 0) is 44.5 Å². The highest BCUT2D eigenvalue weighted by molar-refractivity contribution is 8.00. The van der Waals surface area contributed by atoms with E-state index < -0.39 is 33.9 Å². The maximum atomic E-state index is 12.0. The minimum atomic E-state index is -3.07. The average Bonchev–Trinajstić information content (AvgIpc) is 2.93. The summed E-state index contributed by atoms with van der Waals surface area (Å²) in [6.45, 7) is 3.96. The van der Waals surface area contributed by atoms with Gasteiger partial charge in [0, 0.05) is 10.9 Å². The van der Waals surface area contributed by atoms with E-state index in [2.05, 4.69) is 5.32 Å². The van der Waals surface area contributed by atoms with Crippen LogP contribution in [0.2, 0.25) is 0 Å². The molecule has 1 heterocycles. The predicted octanol–water partition coefficient (Wildman–Crippen LogP) is 1.41. The first-order valence-electron chi connectivity index (χ1n) is 8.35. The summed E-state index contributed by atoms with van der Waals surface area (Å²) in [5, 5.41) is 2.62. The Labute approximate surface area is 157 Å². The number of amides is 1. The highest BCUT2D eigenvalue weighted by Gasteiger charge is 2.30. The SMILES string of the molecule is CCOc1ccc(SCC(=O)O[C@@H](C)C(=O)N[C@@H]2CCS(=O)(=O)C2)cc1. The quantitative estimate of drug-likeness (QED) is 0.519. The first-order chi connectivity index (χ1) is 12.3. The summed E-state index contributed by atoms with van der Waals surface area (Å²) in [5.41, 5.74) is 0. The van der Waals surface area contributed by atoms with Crippen LogP contribution in [0, 0.1) is 0 Å². The van der Waals surface area contributed by atoms with Gasteiger partial charge in [0.15, 0.2) is 15.9 Å². The molecule has 0 aromatic heterocycles. The molecule has 7 nitrogen and oxygen atoms in total. The van der Waals surface area contributed by atoms with Crippen LogP contribution in [0.15, 0.2) is 29.2 Å². The topological polar surface area (TPSA) is 98.8 Å². The van der Waals surface area contributed by atoms with Crippen LogP contribution in [0.4, 0.5) is 0 Å². The third kappa shape index (κ3) is 6.53. The van der Waals surface area contributed by atoms with Gasteiger partial charge in [-0.25, -0.2) is 8.42 Å². The van der Waals surface area contributed by atoms with Crippen molar-refractivity contribution in [2.75, 3.05) is 23.9 Å².